The summed E-state index contributed by atoms with van der Waals surface area (Å²) >= 11 is 0. The van der Waals surface area contributed by atoms with Crippen LogP contribution in [0.5, 0.6) is 5.75 Å². The van der Waals surface area contributed by atoms with E-state index in [2.05, 4.69) is 22.6 Å². The predicted octanol–water partition coefficient (Wildman–Crippen LogP) is 3.51. The lowest BCUT2D eigenvalue weighted by Crippen LogP contribution is -2.12. The highest BCUT2D eigenvalue weighted by atomic mass is 31.2. The average molecular weight is 384 g/mol. The van der Waals surface area contributed by atoms with E-state index in [-0.39, 0.29) is 5.75 Å². The summed E-state index contributed by atoms with van der Waals surface area (Å²) in [7, 11) is -4.27. The number of carbonyl (C=O) groups excluding carboxylic acids is 2. The Kier molecular flexibility index (Phi) is 8.25. The molecule has 0 bridgehead atoms. The van der Waals surface area contributed by atoms with Crippen molar-refractivity contribution in [1.29, 1.82) is 0 Å². The molecule has 0 fully saturated rings. The minimum Gasteiger partial charge on any atom is -0.435 e. The Balaban J connectivity index is 2.93. The Hall–Kier alpha value is -2.41. The normalized spacial score (nSPS) is 10.7. The fraction of sp³-hybridized carbons (Fsp3) is 0.294. The first-order valence-corrected chi connectivity index (χ1v) is 8.91. The van der Waals surface area contributed by atoms with Gasteiger partial charge in [0.05, 0.1) is 0 Å². The molecule has 0 saturated carbocycles. The van der Waals surface area contributed by atoms with Gasteiger partial charge in [0.15, 0.2) is 0 Å². The van der Waals surface area contributed by atoms with E-state index in [1.165, 1.54) is 0 Å². The molecule has 0 amide bonds. The summed E-state index contributed by atoms with van der Waals surface area (Å²) in [6.07, 6.45) is 1.83. The van der Waals surface area contributed by atoms with Gasteiger partial charge in [-0.25, -0.2) is 23.2 Å². The summed E-state index contributed by atoms with van der Waals surface area (Å²) in [4.78, 5) is 22.1. The van der Waals surface area contributed by atoms with E-state index < -0.39 is 33.3 Å². The van der Waals surface area contributed by atoms with E-state index in [0.717, 1.165) is 17.7 Å². The van der Waals surface area contributed by atoms with Crippen LogP contribution in [0.4, 0.5) is 0 Å². The Morgan fingerprint density at radius 1 is 0.962 bits per heavy atom. The Morgan fingerprint density at radius 2 is 1.38 bits per heavy atom. The minimum absolute atomic E-state index is 0.282. The van der Waals surface area contributed by atoms with Gasteiger partial charge in [-0.3, -0.25) is 0 Å². The fourth-order valence-corrected chi connectivity index (χ4v) is 2.98. The zero-order chi connectivity index (χ0) is 19.7. The number of hydrogen-bond acceptors (Lipinski definition) is 8. The zero-order valence-electron chi connectivity index (χ0n) is 14.9. The van der Waals surface area contributed by atoms with Crippen molar-refractivity contribution < 1.29 is 37.2 Å². The summed E-state index contributed by atoms with van der Waals surface area (Å²) in [6, 6.07) is 3.64. The maximum Gasteiger partial charge on any atom is 0.535 e. The summed E-state index contributed by atoms with van der Waals surface area (Å²) in [6.45, 7) is 10.5. The van der Waals surface area contributed by atoms with Gasteiger partial charge >= 0.3 is 19.8 Å². The first-order valence-electron chi connectivity index (χ1n) is 7.45. The van der Waals surface area contributed by atoms with Crippen molar-refractivity contribution in [2.75, 3.05) is 13.6 Å². The first-order chi connectivity index (χ1) is 12.2. The molecule has 1 rings (SSSR count). The lowest BCUT2D eigenvalue weighted by atomic mass is 10.1. The van der Waals surface area contributed by atoms with Crippen molar-refractivity contribution in [2.24, 2.45) is 0 Å². The molecule has 1 aromatic carbocycles. The van der Waals surface area contributed by atoms with Gasteiger partial charge in [-0.2, -0.15) is 0 Å². The van der Waals surface area contributed by atoms with Gasteiger partial charge in [0.25, 0.3) is 0 Å². The molecule has 0 atom stereocenters. The van der Waals surface area contributed by atoms with Gasteiger partial charge in [-0.15, -0.1) is 0 Å². The number of aryl methyl sites for hydroxylation is 3. The molecule has 0 heterocycles. The van der Waals surface area contributed by atoms with Crippen molar-refractivity contribution in [1.82, 2.24) is 0 Å². The maximum absolute atomic E-state index is 12.8. The van der Waals surface area contributed by atoms with E-state index in [1.54, 1.807) is 13.8 Å². The predicted molar refractivity (Wildman–Crippen MR) is 93.4 cm³/mol. The molecule has 142 valence electrons. The fourth-order valence-electron chi connectivity index (χ4n) is 1.93. The molecule has 9 heteroatoms. The average Bonchev–Trinajstić information content (AvgIpc) is 2.57. The molecule has 0 aliphatic carbocycles. The summed E-state index contributed by atoms with van der Waals surface area (Å²) in [5, 5.41) is 0. The number of phosphoric acid groups is 1. The number of rotatable bonds is 10. The molecular weight excluding hydrogens is 363 g/mol. The second kappa shape index (κ2) is 9.91. The van der Waals surface area contributed by atoms with Crippen LogP contribution < -0.4 is 4.52 Å². The third-order valence-electron chi connectivity index (χ3n) is 2.97. The number of hydrogen-bond donors (Lipinski definition) is 0. The minimum atomic E-state index is -4.27. The van der Waals surface area contributed by atoms with Gasteiger partial charge in [-0.1, -0.05) is 30.9 Å². The van der Waals surface area contributed by atoms with Crippen LogP contribution >= 0.6 is 7.82 Å². The van der Waals surface area contributed by atoms with Crippen LogP contribution in [0.3, 0.4) is 0 Å². The highest BCUT2D eigenvalue weighted by molar-refractivity contribution is 7.48. The molecular formula is C17H21O8P. The van der Waals surface area contributed by atoms with E-state index >= 15 is 0 Å². The van der Waals surface area contributed by atoms with E-state index in [9.17, 15) is 14.2 Å². The van der Waals surface area contributed by atoms with E-state index in [0.29, 0.717) is 11.1 Å². The Labute approximate surface area is 152 Å². The summed E-state index contributed by atoms with van der Waals surface area (Å²) in [5.74, 6) is -1.28. The number of carbonyl (C=O) groups is 2. The van der Waals surface area contributed by atoms with Crippen LogP contribution in [0.1, 0.15) is 16.7 Å². The zero-order valence-corrected chi connectivity index (χ0v) is 15.7. The summed E-state index contributed by atoms with van der Waals surface area (Å²) < 4.78 is 37.4. The highest BCUT2D eigenvalue weighted by Crippen LogP contribution is 2.51. The molecule has 0 aromatic heterocycles. The van der Waals surface area contributed by atoms with Gasteiger partial charge < -0.3 is 14.0 Å². The third-order valence-corrected chi connectivity index (χ3v) is 4.21. The molecule has 0 aliphatic rings. The van der Waals surface area contributed by atoms with Crippen LogP contribution in [0, 0.1) is 20.8 Å². The van der Waals surface area contributed by atoms with E-state index in [1.807, 2.05) is 19.1 Å². The molecule has 0 aliphatic heterocycles. The number of phosphoric ester groups is 1. The SMILES string of the molecule is C=CC(=O)OCOP(=O)(OCOC(=O)C=C)Oc1c(C)cc(C)cc1C. The van der Waals surface area contributed by atoms with Crippen molar-refractivity contribution in [3.63, 3.8) is 0 Å². The van der Waals surface area contributed by atoms with Crippen LogP contribution in [0.25, 0.3) is 0 Å². The quantitative estimate of drug-likeness (QED) is 0.262. The lowest BCUT2D eigenvalue weighted by Gasteiger charge is -2.20. The molecule has 1 aromatic rings. The van der Waals surface area contributed by atoms with E-state index in [4.69, 9.17) is 13.6 Å². The maximum atomic E-state index is 12.8. The number of ether oxygens (including phenoxy) is 2. The van der Waals surface area contributed by atoms with Gasteiger partial charge in [0, 0.05) is 12.2 Å². The van der Waals surface area contributed by atoms with Crippen molar-refractivity contribution in [2.45, 2.75) is 20.8 Å². The smallest absolute Gasteiger partial charge is 0.435 e. The van der Waals surface area contributed by atoms with Crippen LogP contribution in [-0.4, -0.2) is 25.5 Å². The Bertz CT molecular complexity index is 687. The lowest BCUT2D eigenvalue weighted by molar-refractivity contribution is -0.147. The summed E-state index contributed by atoms with van der Waals surface area (Å²) in [5.41, 5.74) is 2.38. The molecule has 0 saturated heterocycles. The molecule has 8 nitrogen and oxygen atoms in total. The largest absolute Gasteiger partial charge is 0.535 e. The van der Waals surface area contributed by atoms with Crippen LogP contribution in [-0.2, 0) is 32.7 Å². The van der Waals surface area contributed by atoms with Crippen molar-refractivity contribution >= 4 is 19.8 Å². The van der Waals surface area contributed by atoms with Crippen molar-refractivity contribution in [3.8, 4) is 5.75 Å². The topological polar surface area (TPSA) is 97.4 Å². The number of esters is 2. The highest BCUT2D eigenvalue weighted by Gasteiger charge is 2.31. The third kappa shape index (κ3) is 6.84. The Morgan fingerprint density at radius 3 is 1.77 bits per heavy atom. The molecule has 26 heavy (non-hydrogen) atoms. The van der Waals surface area contributed by atoms with Gasteiger partial charge in [0.1, 0.15) is 5.75 Å². The van der Waals surface area contributed by atoms with Crippen LogP contribution in [0.15, 0.2) is 37.4 Å². The second-order valence-electron chi connectivity index (χ2n) is 5.10. The van der Waals surface area contributed by atoms with Crippen molar-refractivity contribution in [3.05, 3.63) is 54.1 Å². The second-order valence-corrected chi connectivity index (χ2v) is 6.69. The van der Waals surface area contributed by atoms with Gasteiger partial charge in [0.2, 0.25) is 13.6 Å². The van der Waals surface area contributed by atoms with Gasteiger partial charge in [-0.05, 0) is 31.9 Å². The van der Waals surface area contributed by atoms with Crippen LogP contribution in [0.2, 0.25) is 0 Å². The standard InChI is InChI=1S/C17H21O8P/c1-6-15(18)21-10-23-26(20,24-11-22-16(19)7-2)25-17-13(4)8-12(3)9-14(17)5/h6-9H,1-2,10-11H2,3-5H3. The molecule has 0 N–H and O–H groups in total. The monoisotopic (exact) mass is 384 g/mol. The molecule has 0 radical (unpaired) electrons. The molecule has 0 spiro atoms. The first kappa shape index (κ1) is 21.6. The number of benzene rings is 1. The molecule has 0 unspecified atom stereocenters.